The molecule has 0 unspecified atom stereocenters. The van der Waals surface area contributed by atoms with Gasteiger partial charge in [-0.3, -0.25) is 0 Å². The highest BCUT2D eigenvalue weighted by atomic mass is 16.5. The number of methoxy groups -OCH3 is 1. The molecule has 0 saturated heterocycles. The summed E-state index contributed by atoms with van der Waals surface area (Å²) >= 11 is 0. The second kappa shape index (κ2) is 6.32. The molecule has 1 N–H and O–H groups in total. The third kappa shape index (κ3) is 4.68. The number of rotatable bonds is 4. The fraction of sp³-hybridized carbons (Fsp3) is 0.467. The summed E-state index contributed by atoms with van der Waals surface area (Å²) in [4.78, 5) is 0. The van der Waals surface area contributed by atoms with E-state index in [2.05, 4.69) is 11.8 Å². The van der Waals surface area contributed by atoms with Gasteiger partial charge in [0.2, 0.25) is 0 Å². The second-order valence-electron chi connectivity index (χ2n) is 4.98. The van der Waals surface area contributed by atoms with Gasteiger partial charge in [0.25, 0.3) is 0 Å². The Bertz CT molecular complexity index is 447. The minimum Gasteiger partial charge on any atom is -0.493 e. The van der Waals surface area contributed by atoms with Crippen molar-refractivity contribution < 1.29 is 14.6 Å². The molecule has 0 atom stereocenters. The number of aliphatic hydroxyl groups is 1. The van der Waals surface area contributed by atoms with Crippen LogP contribution in [-0.4, -0.2) is 18.8 Å². The molecule has 0 aliphatic carbocycles. The zero-order valence-corrected chi connectivity index (χ0v) is 11.4. The summed E-state index contributed by atoms with van der Waals surface area (Å²) in [6.45, 7) is 6.43. The molecule has 98 valence electrons. The van der Waals surface area contributed by atoms with Crippen molar-refractivity contribution in [3.63, 3.8) is 0 Å². The van der Waals surface area contributed by atoms with Crippen molar-refractivity contribution in [3.8, 4) is 23.3 Å². The molecule has 0 amide bonds. The topological polar surface area (TPSA) is 38.7 Å². The average Bonchev–Trinajstić information content (AvgIpc) is 2.33. The van der Waals surface area contributed by atoms with E-state index in [0.29, 0.717) is 18.1 Å². The van der Waals surface area contributed by atoms with E-state index in [0.717, 1.165) is 5.56 Å². The van der Waals surface area contributed by atoms with Crippen molar-refractivity contribution in [3.05, 3.63) is 23.8 Å². The van der Waals surface area contributed by atoms with Gasteiger partial charge in [-0.05, 0) is 38.5 Å². The Labute approximate surface area is 109 Å². The lowest BCUT2D eigenvalue weighted by atomic mass is 9.98. The fourth-order valence-corrected chi connectivity index (χ4v) is 1.35. The molecule has 1 rings (SSSR count). The van der Waals surface area contributed by atoms with Crippen molar-refractivity contribution in [1.82, 2.24) is 0 Å². The summed E-state index contributed by atoms with van der Waals surface area (Å²) in [6, 6.07) is 5.34. The molecule has 3 heteroatoms. The van der Waals surface area contributed by atoms with E-state index >= 15 is 0 Å². The van der Waals surface area contributed by atoms with Gasteiger partial charge in [0.05, 0.1) is 13.7 Å². The van der Waals surface area contributed by atoms with Crippen LogP contribution < -0.4 is 9.47 Å². The largest absolute Gasteiger partial charge is 0.493 e. The van der Waals surface area contributed by atoms with Crippen molar-refractivity contribution >= 4 is 0 Å². The van der Waals surface area contributed by atoms with Crippen LogP contribution in [0.1, 0.15) is 26.3 Å². The van der Waals surface area contributed by atoms with Gasteiger partial charge in [-0.25, -0.2) is 0 Å². The molecule has 0 heterocycles. The van der Waals surface area contributed by atoms with Gasteiger partial charge in [-0.15, -0.1) is 0 Å². The monoisotopic (exact) mass is 248 g/mol. The van der Waals surface area contributed by atoms with Gasteiger partial charge in [0.1, 0.15) is 6.61 Å². The maximum absolute atomic E-state index is 9.08. The van der Waals surface area contributed by atoms with Crippen LogP contribution in [0.3, 0.4) is 0 Å². The molecule has 1 aromatic carbocycles. The Kier molecular flexibility index (Phi) is 5.06. The Morgan fingerprint density at radius 3 is 2.50 bits per heavy atom. The molecule has 0 bridgehead atoms. The van der Waals surface area contributed by atoms with Gasteiger partial charge in [-0.2, -0.15) is 0 Å². The summed E-state index contributed by atoms with van der Waals surface area (Å²) in [5.74, 6) is 7.31. The normalized spacial score (nSPS) is 10.5. The summed E-state index contributed by atoms with van der Waals surface area (Å²) in [5, 5.41) is 9.08. The highest BCUT2D eigenvalue weighted by molar-refractivity contribution is 5.43. The minimum atomic E-state index is -0.0274. The predicted octanol–water partition coefficient (Wildman–Crippen LogP) is 2.62. The Morgan fingerprint density at radius 1 is 1.22 bits per heavy atom. The van der Waals surface area contributed by atoms with Crippen LogP contribution in [0, 0.1) is 17.3 Å². The molecule has 3 nitrogen and oxygen atoms in total. The highest BCUT2D eigenvalue weighted by Gasteiger charge is 2.06. The highest BCUT2D eigenvalue weighted by Crippen LogP contribution is 2.27. The van der Waals surface area contributed by atoms with Gasteiger partial charge < -0.3 is 14.6 Å². The maximum atomic E-state index is 9.08. The van der Waals surface area contributed by atoms with Crippen LogP contribution in [0.15, 0.2) is 18.2 Å². The van der Waals surface area contributed by atoms with Gasteiger partial charge in [-0.1, -0.05) is 17.9 Å². The number of ether oxygens (including phenoxy) is 2. The zero-order chi connectivity index (χ0) is 13.6. The van der Waals surface area contributed by atoms with Crippen LogP contribution in [0.4, 0.5) is 0 Å². The smallest absolute Gasteiger partial charge is 0.162 e. The first-order valence-corrected chi connectivity index (χ1v) is 5.87. The van der Waals surface area contributed by atoms with E-state index in [1.165, 1.54) is 0 Å². The van der Waals surface area contributed by atoms with Crippen molar-refractivity contribution in [1.29, 1.82) is 0 Å². The number of hydrogen-bond donors (Lipinski definition) is 1. The fourth-order valence-electron chi connectivity index (χ4n) is 1.35. The number of aliphatic hydroxyl groups excluding tert-OH is 1. The summed E-state index contributed by atoms with van der Waals surface area (Å²) in [7, 11) is 1.58. The molecule has 0 aliphatic rings. The van der Waals surface area contributed by atoms with E-state index in [1.807, 2.05) is 20.8 Å². The van der Waals surface area contributed by atoms with E-state index < -0.39 is 0 Å². The first-order valence-electron chi connectivity index (χ1n) is 5.87. The average molecular weight is 248 g/mol. The Morgan fingerprint density at radius 2 is 1.94 bits per heavy atom. The second-order valence-corrected chi connectivity index (χ2v) is 4.98. The first kappa shape index (κ1) is 14.4. The van der Waals surface area contributed by atoms with E-state index in [9.17, 15) is 0 Å². The molecular formula is C15H20O3. The molecule has 0 radical (unpaired) electrons. The molecule has 0 saturated carbocycles. The molecule has 1 aromatic rings. The van der Waals surface area contributed by atoms with Crippen molar-refractivity contribution in [2.24, 2.45) is 5.41 Å². The molecular weight excluding hydrogens is 228 g/mol. The van der Waals surface area contributed by atoms with Crippen LogP contribution in [0.2, 0.25) is 0 Å². The molecule has 0 fully saturated rings. The first-order chi connectivity index (χ1) is 8.46. The third-order valence-corrected chi connectivity index (χ3v) is 2.17. The van der Waals surface area contributed by atoms with Crippen molar-refractivity contribution in [2.45, 2.75) is 27.4 Å². The zero-order valence-electron chi connectivity index (χ0n) is 11.4. The van der Waals surface area contributed by atoms with Gasteiger partial charge >= 0.3 is 0 Å². The van der Waals surface area contributed by atoms with E-state index in [-0.39, 0.29) is 12.0 Å². The van der Waals surface area contributed by atoms with Crippen molar-refractivity contribution in [2.75, 3.05) is 13.7 Å². The van der Waals surface area contributed by atoms with Crippen LogP contribution in [-0.2, 0) is 6.61 Å². The summed E-state index contributed by atoms with van der Waals surface area (Å²) in [5.41, 5.74) is 0.759. The van der Waals surface area contributed by atoms with E-state index in [4.69, 9.17) is 14.6 Å². The molecule has 0 aliphatic heterocycles. The SMILES string of the molecule is COc1ccc(CO)cc1OCC#CC(C)(C)C. The van der Waals surface area contributed by atoms with Gasteiger partial charge in [0.15, 0.2) is 11.5 Å². The van der Waals surface area contributed by atoms with Gasteiger partial charge in [0, 0.05) is 5.41 Å². The molecule has 18 heavy (non-hydrogen) atoms. The third-order valence-electron chi connectivity index (χ3n) is 2.17. The molecule has 0 aromatic heterocycles. The summed E-state index contributed by atoms with van der Waals surface area (Å²) < 4.78 is 10.7. The standard InChI is InChI=1S/C15H20O3/c1-15(2,3)8-5-9-18-14-10-12(11-16)6-7-13(14)17-4/h6-7,10,16H,9,11H2,1-4H3. The summed E-state index contributed by atoms with van der Waals surface area (Å²) in [6.07, 6.45) is 0. The Balaban J connectivity index is 2.73. The lowest BCUT2D eigenvalue weighted by molar-refractivity contribution is 0.279. The Hall–Kier alpha value is -1.66. The predicted molar refractivity (Wildman–Crippen MR) is 71.6 cm³/mol. The quantitative estimate of drug-likeness (QED) is 0.832. The maximum Gasteiger partial charge on any atom is 0.162 e. The van der Waals surface area contributed by atoms with Crippen LogP contribution in [0.5, 0.6) is 11.5 Å². The lowest BCUT2D eigenvalue weighted by Crippen LogP contribution is -2.02. The number of benzene rings is 1. The van der Waals surface area contributed by atoms with Crippen LogP contribution >= 0.6 is 0 Å². The lowest BCUT2D eigenvalue weighted by Gasteiger charge is -2.10. The van der Waals surface area contributed by atoms with Crippen LogP contribution in [0.25, 0.3) is 0 Å². The van der Waals surface area contributed by atoms with E-state index in [1.54, 1.807) is 25.3 Å². The minimum absolute atomic E-state index is 0.0198. The molecule has 0 spiro atoms. The number of hydrogen-bond acceptors (Lipinski definition) is 3.